The van der Waals surface area contributed by atoms with E-state index in [4.69, 9.17) is 4.43 Å². The van der Waals surface area contributed by atoms with Crippen LogP contribution in [-0.4, -0.2) is 20.3 Å². The van der Waals surface area contributed by atoms with E-state index in [-0.39, 0.29) is 0 Å². The second-order valence-electron chi connectivity index (χ2n) is 3.45. The molecule has 0 heterocycles. The lowest BCUT2D eigenvalue weighted by atomic mass is 10.4. The molecular formula is C8H19BrOSi. The van der Waals surface area contributed by atoms with Crippen molar-refractivity contribution in [2.24, 2.45) is 0 Å². The highest BCUT2D eigenvalue weighted by atomic mass is 79.9. The van der Waals surface area contributed by atoms with Crippen molar-refractivity contribution in [3.8, 4) is 0 Å². The highest BCUT2D eigenvalue weighted by Crippen LogP contribution is 2.25. The molecule has 0 radical (unpaired) electrons. The SMILES string of the molecule is CCC(C)[Si](C)(C)OCCBr. The van der Waals surface area contributed by atoms with Gasteiger partial charge in [0, 0.05) is 11.9 Å². The predicted molar refractivity (Wildman–Crippen MR) is 56.9 cm³/mol. The molecule has 68 valence electrons. The fourth-order valence-corrected chi connectivity index (χ4v) is 3.29. The van der Waals surface area contributed by atoms with Crippen LogP contribution in [0.1, 0.15) is 20.3 Å². The van der Waals surface area contributed by atoms with E-state index in [2.05, 4.69) is 42.9 Å². The fraction of sp³-hybridized carbons (Fsp3) is 1.00. The zero-order valence-electron chi connectivity index (χ0n) is 7.98. The van der Waals surface area contributed by atoms with Gasteiger partial charge in [0.05, 0.1) is 0 Å². The van der Waals surface area contributed by atoms with Gasteiger partial charge in [-0.15, -0.1) is 0 Å². The molecular weight excluding hydrogens is 220 g/mol. The van der Waals surface area contributed by atoms with E-state index in [1.54, 1.807) is 0 Å². The Balaban J connectivity index is 3.77. The lowest BCUT2D eigenvalue weighted by Gasteiger charge is -2.28. The minimum atomic E-state index is -1.36. The van der Waals surface area contributed by atoms with Crippen LogP contribution < -0.4 is 0 Å². The zero-order valence-corrected chi connectivity index (χ0v) is 10.6. The Hall–Kier alpha value is 0.657. The van der Waals surface area contributed by atoms with Crippen LogP contribution in [0.15, 0.2) is 0 Å². The largest absolute Gasteiger partial charge is 0.416 e. The standard InChI is InChI=1S/C8H19BrOSi/c1-5-8(2)11(3,4)10-7-6-9/h8H,5-7H2,1-4H3. The predicted octanol–water partition coefficient (Wildman–Crippen LogP) is 3.40. The minimum absolute atomic E-state index is 0.765. The van der Waals surface area contributed by atoms with Crippen molar-refractivity contribution in [2.45, 2.75) is 38.9 Å². The molecule has 1 unspecified atom stereocenters. The molecule has 1 atom stereocenters. The average molecular weight is 239 g/mol. The van der Waals surface area contributed by atoms with Gasteiger partial charge in [-0.25, -0.2) is 0 Å². The van der Waals surface area contributed by atoms with Crippen molar-refractivity contribution < 1.29 is 4.43 Å². The van der Waals surface area contributed by atoms with E-state index in [1.165, 1.54) is 6.42 Å². The first kappa shape index (κ1) is 11.7. The van der Waals surface area contributed by atoms with Crippen LogP contribution in [0, 0.1) is 0 Å². The van der Waals surface area contributed by atoms with Crippen LogP contribution in [0.2, 0.25) is 18.6 Å². The van der Waals surface area contributed by atoms with Gasteiger partial charge >= 0.3 is 0 Å². The molecule has 0 rings (SSSR count). The molecule has 0 aliphatic rings. The van der Waals surface area contributed by atoms with Crippen molar-refractivity contribution in [3.05, 3.63) is 0 Å². The fourth-order valence-electron chi connectivity index (χ4n) is 0.935. The Morgan fingerprint density at radius 2 is 2.00 bits per heavy atom. The van der Waals surface area contributed by atoms with E-state index in [0.717, 1.165) is 17.5 Å². The van der Waals surface area contributed by atoms with Gasteiger partial charge in [0.1, 0.15) is 0 Å². The first-order valence-electron chi connectivity index (χ1n) is 4.24. The van der Waals surface area contributed by atoms with E-state index in [0.29, 0.717) is 0 Å². The highest BCUT2D eigenvalue weighted by molar-refractivity contribution is 9.09. The van der Waals surface area contributed by atoms with Crippen LogP contribution in [0.25, 0.3) is 0 Å². The molecule has 0 N–H and O–H groups in total. The molecule has 0 aromatic carbocycles. The molecule has 0 aromatic heterocycles. The van der Waals surface area contributed by atoms with E-state index < -0.39 is 8.32 Å². The third-order valence-electron chi connectivity index (χ3n) is 2.35. The number of halogens is 1. The van der Waals surface area contributed by atoms with E-state index in [1.807, 2.05) is 0 Å². The molecule has 11 heavy (non-hydrogen) atoms. The van der Waals surface area contributed by atoms with E-state index in [9.17, 15) is 0 Å². The Morgan fingerprint density at radius 3 is 2.36 bits per heavy atom. The second kappa shape index (κ2) is 5.33. The molecule has 0 fully saturated rings. The van der Waals surface area contributed by atoms with Crippen molar-refractivity contribution in [2.75, 3.05) is 11.9 Å². The maximum absolute atomic E-state index is 5.82. The summed E-state index contributed by atoms with van der Waals surface area (Å²) in [4.78, 5) is 0. The third-order valence-corrected chi connectivity index (χ3v) is 6.40. The summed E-state index contributed by atoms with van der Waals surface area (Å²) in [6.45, 7) is 9.98. The monoisotopic (exact) mass is 238 g/mol. The Morgan fingerprint density at radius 1 is 1.45 bits per heavy atom. The maximum Gasteiger partial charge on any atom is 0.189 e. The van der Waals surface area contributed by atoms with Gasteiger partial charge in [-0.2, -0.15) is 0 Å². The number of hydrogen-bond donors (Lipinski definition) is 0. The molecule has 0 aromatic rings. The van der Waals surface area contributed by atoms with Crippen LogP contribution in [0.5, 0.6) is 0 Å². The smallest absolute Gasteiger partial charge is 0.189 e. The van der Waals surface area contributed by atoms with Gasteiger partial charge in [-0.1, -0.05) is 36.2 Å². The molecule has 1 nitrogen and oxygen atoms in total. The maximum atomic E-state index is 5.82. The normalized spacial score (nSPS) is 15.0. The van der Waals surface area contributed by atoms with Gasteiger partial charge in [0.2, 0.25) is 0 Å². The molecule has 0 amide bonds. The highest BCUT2D eigenvalue weighted by Gasteiger charge is 2.28. The minimum Gasteiger partial charge on any atom is -0.416 e. The third kappa shape index (κ3) is 4.28. The number of rotatable bonds is 5. The summed E-state index contributed by atoms with van der Waals surface area (Å²) in [6.07, 6.45) is 1.24. The lowest BCUT2D eigenvalue weighted by molar-refractivity contribution is 0.324. The molecule has 0 bridgehead atoms. The van der Waals surface area contributed by atoms with Crippen molar-refractivity contribution in [1.29, 1.82) is 0 Å². The number of hydrogen-bond acceptors (Lipinski definition) is 1. The van der Waals surface area contributed by atoms with Crippen LogP contribution in [-0.2, 0) is 4.43 Å². The van der Waals surface area contributed by atoms with Crippen LogP contribution in [0.3, 0.4) is 0 Å². The van der Waals surface area contributed by atoms with Crippen LogP contribution >= 0.6 is 15.9 Å². The summed E-state index contributed by atoms with van der Waals surface area (Å²) in [6, 6.07) is 0. The van der Waals surface area contributed by atoms with Crippen molar-refractivity contribution >= 4 is 24.2 Å². The summed E-state index contributed by atoms with van der Waals surface area (Å²) in [5.41, 5.74) is 0.765. The van der Waals surface area contributed by atoms with Crippen molar-refractivity contribution in [3.63, 3.8) is 0 Å². The Bertz CT molecular complexity index is 106. The van der Waals surface area contributed by atoms with Gasteiger partial charge in [0.25, 0.3) is 0 Å². The topological polar surface area (TPSA) is 9.23 Å². The first-order chi connectivity index (χ1) is 5.04. The Labute approximate surface area is 79.8 Å². The van der Waals surface area contributed by atoms with Gasteiger partial charge < -0.3 is 4.43 Å². The molecule has 0 aliphatic heterocycles. The van der Waals surface area contributed by atoms with Crippen LogP contribution in [0.4, 0.5) is 0 Å². The number of alkyl halides is 1. The molecule has 0 saturated carbocycles. The van der Waals surface area contributed by atoms with E-state index >= 15 is 0 Å². The second-order valence-corrected chi connectivity index (χ2v) is 8.72. The summed E-state index contributed by atoms with van der Waals surface area (Å²) in [5, 5.41) is 0.958. The molecule has 0 spiro atoms. The van der Waals surface area contributed by atoms with Crippen molar-refractivity contribution in [1.82, 2.24) is 0 Å². The van der Waals surface area contributed by atoms with Gasteiger partial charge in [0.15, 0.2) is 8.32 Å². The molecule has 0 aliphatic carbocycles. The Kier molecular flexibility index (Phi) is 5.65. The van der Waals surface area contributed by atoms with Gasteiger partial charge in [-0.3, -0.25) is 0 Å². The average Bonchev–Trinajstić information content (AvgIpc) is 1.99. The molecule has 3 heteroatoms. The van der Waals surface area contributed by atoms with Gasteiger partial charge in [-0.05, 0) is 18.6 Å². The summed E-state index contributed by atoms with van der Waals surface area (Å²) in [5.74, 6) is 0. The summed E-state index contributed by atoms with van der Waals surface area (Å²) >= 11 is 3.37. The first-order valence-corrected chi connectivity index (χ1v) is 8.35. The summed E-state index contributed by atoms with van der Waals surface area (Å²) < 4.78 is 5.82. The zero-order chi connectivity index (χ0) is 8.91. The molecule has 0 saturated heterocycles. The summed E-state index contributed by atoms with van der Waals surface area (Å²) in [7, 11) is -1.36. The lowest BCUT2D eigenvalue weighted by Crippen LogP contribution is -2.35. The quantitative estimate of drug-likeness (QED) is 0.527.